The number of rotatable bonds is 2. The fourth-order valence-electron chi connectivity index (χ4n) is 4.32. The SMILES string of the molecule is Cc1cccc(C2CCNCC2C2CCCC2)c1C. The van der Waals surface area contributed by atoms with Crippen molar-refractivity contribution in [2.75, 3.05) is 13.1 Å². The summed E-state index contributed by atoms with van der Waals surface area (Å²) in [5.41, 5.74) is 4.64. The summed E-state index contributed by atoms with van der Waals surface area (Å²) in [4.78, 5) is 0. The van der Waals surface area contributed by atoms with Crippen LogP contribution in [0.5, 0.6) is 0 Å². The zero-order valence-electron chi connectivity index (χ0n) is 12.4. The average Bonchev–Trinajstić information content (AvgIpc) is 2.96. The van der Waals surface area contributed by atoms with Crippen LogP contribution >= 0.6 is 0 Å². The fourth-order valence-corrected chi connectivity index (χ4v) is 4.32. The molecular formula is C18H27N. The molecule has 0 spiro atoms. The Morgan fingerprint density at radius 3 is 2.63 bits per heavy atom. The van der Waals surface area contributed by atoms with E-state index in [0.717, 1.165) is 17.8 Å². The zero-order valence-corrected chi connectivity index (χ0v) is 12.4. The van der Waals surface area contributed by atoms with Gasteiger partial charge in [0, 0.05) is 0 Å². The predicted octanol–water partition coefficient (Wildman–Crippen LogP) is 4.19. The Kier molecular flexibility index (Phi) is 3.93. The van der Waals surface area contributed by atoms with Gasteiger partial charge in [0.1, 0.15) is 0 Å². The maximum absolute atomic E-state index is 3.65. The first-order chi connectivity index (χ1) is 9.27. The van der Waals surface area contributed by atoms with Crippen LogP contribution in [0.2, 0.25) is 0 Å². The predicted molar refractivity (Wildman–Crippen MR) is 81.6 cm³/mol. The van der Waals surface area contributed by atoms with Gasteiger partial charge in [-0.15, -0.1) is 0 Å². The Labute approximate surface area is 117 Å². The highest BCUT2D eigenvalue weighted by Crippen LogP contribution is 2.42. The summed E-state index contributed by atoms with van der Waals surface area (Å²) in [5.74, 6) is 2.64. The molecule has 2 fully saturated rings. The van der Waals surface area contributed by atoms with Gasteiger partial charge in [-0.1, -0.05) is 43.9 Å². The molecule has 1 heteroatoms. The van der Waals surface area contributed by atoms with Crippen molar-refractivity contribution in [2.45, 2.75) is 51.9 Å². The number of benzene rings is 1. The van der Waals surface area contributed by atoms with Gasteiger partial charge in [0.15, 0.2) is 0 Å². The first-order valence-corrected chi connectivity index (χ1v) is 8.04. The highest BCUT2D eigenvalue weighted by molar-refractivity contribution is 5.36. The second-order valence-corrected chi connectivity index (χ2v) is 6.60. The standard InChI is InChI=1S/C18H27N/c1-13-6-5-9-16(14(13)2)17-10-11-19-12-18(17)15-7-3-4-8-15/h5-6,9,15,17-19H,3-4,7-8,10-12H2,1-2H3. The highest BCUT2D eigenvalue weighted by atomic mass is 14.9. The summed E-state index contributed by atoms with van der Waals surface area (Å²) in [6.45, 7) is 7.01. The van der Waals surface area contributed by atoms with E-state index in [1.807, 2.05) is 0 Å². The van der Waals surface area contributed by atoms with Crippen molar-refractivity contribution in [3.63, 3.8) is 0 Å². The molecule has 104 valence electrons. The number of nitrogens with one attached hydrogen (secondary N) is 1. The first-order valence-electron chi connectivity index (χ1n) is 8.04. The Hall–Kier alpha value is -0.820. The van der Waals surface area contributed by atoms with E-state index in [9.17, 15) is 0 Å². The molecule has 1 aromatic rings. The van der Waals surface area contributed by atoms with E-state index in [1.54, 1.807) is 5.56 Å². The van der Waals surface area contributed by atoms with E-state index in [2.05, 4.69) is 37.4 Å². The maximum atomic E-state index is 3.65. The molecule has 2 unspecified atom stereocenters. The second kappa shape index (κ2) is 5.66. The van der Waals surface area contributed by atoms with Gasteiger partial charge in [-0.25, -0.2) is 0 Å². The van der Waals surface area contributed by atoms with Crippen molar-refractivity contribution in [1.29, 1.82) is 0 Å². The second-order valence-electron chi connectivity index (χ2n) is 6.60. The zero-order chi connectivity index (χ0) is 13.2. The Balaban J connectivity index is 1.89. The maximum Gasteiger partial charge on any atom is -0.00120 e. The molecule has 2 atom stereocenters. The lowest BCUT2D eigenvalue weighted by Gasteiger charge is -2.37. The third-order valence-electron chi connectivity index (χ3n) is 5.58. The molecule has 3 rings (SSSR count). The van der Waals surface area contributed by atoms with Crippen LogP contribution in [0, 0.1) is 25.7 Å². The van der Waals surface area contributed by atoms with Crippen LogP contribution in [0.4, 0.5) is 0 Å². The quantitative estimate of drug-likeness (QED) is 0.838. The van der Waals surface area contributed by atoms with Crippen molar-refractivity contribution >= 4 is 0 Å². The van der Waals surface area contributed by atoms with E-state index in [0.29, 0.717) is 0 Å². The van der Waals surface area contributed by atoms with Crippen molar-refractivity contribution < 1.29 is 0 Å². The summed E-state index contributed by atoms with van der Waals surface area (Å²) in [6, 6.07) is 6.90. The summed E-state index contributed by atoms with van der Waals surface area (Å²) < 4.78 is 0. The summed E-state index contributed by atoms with van der Waals surface area (Å²) in [6.07, 6.45) is 7.17. The molecule has 0 amide bonds. The normalized spacial score (nSPS) is 28.7. The molecule has 1 saturated heterocycles. The van der Waals surface area contributed by atoms with E-state index in [1.165, 1.54) is 56.3 Å². The van der Waals surface area contributed by atoms with Crippen LogP contribution in [0.3, 0.4) is 0 Å². The number of aryl methyl sites for hydroxylation is 1. The fraction of sp³-hybridized carbons (Fsp3) is 0.667. The van der Waals surface area contributed by atoms with E-state index in [4.69, 9.17) is 0 Å². The van der Waals surface area contributed by atoms with Gasteiger partial charge in [0.05, 0.1) is 0 Å². The third kappa shape index (κ3) is 2.58. The van der Waals surface area contributed by atoms with Crippen molar-refractivity contribution in [3.8, 4) is 0 Å². The Morgan fingerprint density at radius 2 is 1.84 bits per heavy atom. The topological polar surface area (TPSA) is 12.0 Å². The van der Waals surface area contributed by atoms with Gasteiger partial charge in [-0.2, -0.15) is 0 Å². The summed E-state index contributed by atoms with van der Waals surface area (Å²) >= 11 is 0. The molecule has 1 nitrogen and oxygen atoms in total. The molecule has 0 aromatic heterocycles. The van der Waals surface area contributed by atoms with Crippen molar-refractivity contribution in [1.82, 2.24) is 5.32 Å². The van der Waals surface area contributed by atoms with Gasteiger partial charge in [0.25, 0.3) is 0 Å². The van der Waals surface area contributed by atoms with Crippen LogP contribution in [0.1, 0.15) is 54.7 Å². The van der Waals surface area contributed by atoms with E-state index in [-0.39, 0.29) is 0 Å². The Morgan fingerprint density at radius 1 is 1.05 bits per heavy atom. The molecule has 1 saturated carbocycles. The minimum absolute atomic E-state index is 0.796. The molecular weight excluding hydrogens is 230 g/mol. The van der Waals surface area contributed by atoms with Crippen LogP contribution in [0.25, 0.3) is 0 Å². The summed E-state index contributed by atoms with van der Waals surface area (Å²) in [5, 5.41) is 3.65. The van der Waals surface area contributed by atoms with Gasteiger partial charge in [-0.3, -0.25) is 0 Å². The molecule has 2 aliphatic rings. The monoisotopic (exact) mass is 257 g/mol. The minimum Gasteiger partial charge on any atom is -0.316 e. The van der Waals surface area contributed by atoms with E-state index >= 15 is 0 Å². The van der Waals surface area contributed by atoms with Crippen LogP contribution < -0.4 is 5.32 Å². The van der Waals surface area contributed by atoms with Gasteiger partial charge >= 0.3 is 0 Å². The lowest BCUT2D eigenvalue weighted by molar-refractivity contribution is 0.230. The van der Waals surface area contributed by atoms with Crippen molar-refractivity contribution in [3.05, 3.63) is 34.9 Å². The van der Waals surface area contributed by atoms with Crippen LogP contribution in [0.15, 0.2) is 18.2 Å². The van der Waals surface area contributed by atoms with Gasteiger partial charge in [-0.05, 0) is 67.8 Å². The number of hydrogen-bond acceptors (Lipinski definition) is 1. The highest BCUT2D eigenvalue weighted by Gasteiger charge is 2.34. The number of piperidine rings is 1. The minimum atomic E-state index is 0.796. The first kappa shape index (κ1) is 13.2. The van der Waals surface area contributed by atoms with Gasteiger partial charge in [0.2, 0.25) is 0 Å². The molecule has 1 N–H and O–H groups in total. The van der Waals surface area contributed by atoms with Crippen LogP contribution in [-0.2, 0) is 0 Å². The van der Waals surface area contributed by atoms with Crippen molar-refractivity contribution in [2.24, 2.45) is 11.8 Å². The van der Waals surface area contributed by atoms with Gasteiger partial charge < -0.3 is 5.32 Å². The molecule has 0 radical (unpaired) electrons. The average molecular weight is 257 g/mol. The molecule has 1 aromatic carbocycles. The largest absolute Gasteiger partial charge is 0.316 e. The smallest absolute Gasteiger partial charge is 0.00120 e. The third-order valence-corrected chi connectivity index (χ3v) is 5.58. The molecule has 0 bridgehead atoms. The molecule has 19 heavy (non-hydrogen) atoms. The van der Waals surface area contributed by atoms with Crippen LogP contribution in [-0.4, -0.2) is 13.1 Å². The molecule has 1 heterocycles. The van der Waals surface area contributed by atoms with E-state index < -0.39 is 0 Å². The summed E-state index contributed by atoms with van der Waals surface area (Å²) in [7, 11) is 0. The lowest BCUT2D eigenvalue weighted by Crippen LogP contribution is -2.39. The lowest BCUT2D eigenvalue weighted by atomic mass is 9.72. The molecule has 1 aliphatic heterocycles. The number of hydrogen-bond donors (Lipinski definition) is 1. The Bertz CT molecular complexity index is 431. The molecule has 1 aliphatic carbocycles.